The summed E-state index contributed by atoms with van der Waals surface area (Å²) in [6.07, 6.45) is 3.08. The Bertz CT molecular complexity index is 258. The maximum atomic E-state index is 11.8. The lowest BCUT2D eigenvalue weighted by Gasteiger charge is -2.24. The van der Waals surface area contributed by atoms with Crippen molar-refractivity contribution < 1.29 is 19.8 Å². The van der Waals surface area contributed by atoms with Gasteiger partial charge < -0.3 is 20.0 Å². The number of hydrogen-bond acceptors (Lipinski definition) is 3. The van der Waals surface area contributed by atoms with E-state index in [1.807, 2.05) is 0 Å². The van der Waals surface area contributed by atoms with E-state index in [2.05, 4.69) is 0 Å². The van der Waals surface area contributed by atoms with Crippen LogP contribution >= 0.6 is 0 Å². The molecule has 0 saturated heterocycles. The van der Waals surface area contributed by atoms with Gasteiger partial charge in [0.2, 0.25) is 0 Å². The summed E-state index contributed by atoms with van der Waals surface area (Å²) in [5.41, 5.74) is 0. The first-order chi connectivity index (χ1) is 8.49. The molecule has 0 fully saturated rings. The van der Waals surface area contributed by atoms with Crippen LogP contribution in [0.2, 0.25) is 0 Å². The van der Waals surface area contributed by atoms with Crippen LogP contribution in [-0.2, 0) is 4.79 Å². The normalized spacial score (nSPS) is 10.2. The lowest BCUT2D eigenvalue weighted by molar-refractivity contribution is -0.137. The highest BCUT2D eigenvalue weighted by molar-refractivity contribution is 5.73. The number of nitrogens with zero attached hydrogens (tertiary/aromatic N) is 2. The second-order valence-electron chi connectivity index (χ2n) is 4.41. The molecular weight excluding hydrogens is 236 g/mol. The Morgan fingerprint density at radius 1 is 0.944 bits per heavy atom. The maximum absolute atomic E-state index is 11.8. The minimum atomic E-state index is -0.840. The smallest absolute Gasteiger partial charge is 0.319 e. The number of carboxylic acid groups (broad SMARTS) is 1. The minimum Gasteiger partial charge on any atom is -0.481 e. The molecule has 0 saturated carbocycles. The largest absolute Gasteiger partial charge is 0.481 e. The third-order valence-electron chi connectivity index (χ3n) is 2.69. The first kappa shape index (κ1) is 16.7. The van der Waals surface area contributed by atoms with Crippen molar-refractivity contribution in [3.8, 4) is 0 Å². The van der Waals surface area contributed by atoms with Gasteiger partial charge in [0.25, 0.3) is 0 Å². The second-order valence-corrected chi connectivity index (χ2v) is 4.41. The lowest BCUT2D eigenvalue weighted by atomic mass is 10.2. The zero-order chi connectivity index (χ0) is 14.0. The van der Waals surface area contributed by atoms with Gasteiger partial charge in [-0.15, -0.1) is 0 Å². The quantitative estimate of drug-likeness (QED) is 0.606. The molecule has 2 amide bonds. The van der Waals surface area contributed by atoms with E-state index in [1.165, 1.54) is 4.90 Å². The Morgan fingerprint density at radius 3 is 2.00 bits per heavy atom. The summed E-state index contributed by atoms with van der Waals surface area (Å²) >= 11 is 0. The van der Waals surface area contributed by atoms with Crippen LogP contribution in [0.4, 0.5) is 4.79 Å². The summed E-state index contributed by atoms with van der Waals surface area (Å²) in [6, 6.07) is -0.0932. The Kier molecular flexibility index (Phi) is 9.00. The number of aliphatic hydroxyl groups is 1. The molecule has 0 bridgehead atoms. The molecule has 0 aromatic rings. The van der Waals surface area contributed by atoms with Gasteiger partial charge >= 0.3 is 12.0 Å². The number of urea groups is 1. The number of carbonyl (C=O) groups is 2. The van der Waals surface area contributed by atoms with Gasteiger partial charge in [-0.3, -0.25) is 4.79 Å². The zero-order valence-corrected chi connectivity index (χ0v) is 11.3. The molecule has 0 aromatic heterocycles. The third-order valence-corrected chi connectivity index (χ3v) is 2.69. The highest BCUT2D eigenvalue weighted by Gasteiger charge is 2.13. The van der Waals surface area contributed by atoms with Gasteiger partial charge in [-0.2, -0.15) is 0 Å². The summed E-state index contributed by atoms with van der Waals surface area (Å²) in [4.78, 5) is 25.4. The molecule has 0 spiro atoms. The summed E-state index contributed by atoms with van der Waals surface area (Å²) in [5.74, 6) is -0.840. The van der Waals surface area contributed by atoms with Crippen LogP contribution < -0.4 is 0 Å². The zero-order valence-electron chi connectivity index (χ0n) is 11.3. The van der Waals surface area contributed by atoms with Crippen LogP contribution in [0.1, 0.15) is 32.1 Å². The van der Waals surface area contributed by atoms with Gasteiger partial charge in [-0.1, -0.05) is 0 Å². The predicted molar refractivity (Wildman–Crippen MR) is 68.5 cm³/mol. The number of aliphatic hydroxyl groups excluding tert-OH is 1. The average molecular weight is 260 g/mol. The molecule has 6 nitrogen and oxygen atoms in total. The van der Waals surface area contributed by atoms with E-state index in [1.54, 1.807) is 19.0 Å². The number of carboxylic acids is 1. The summed E-state index contributed by atoms with van der Waals surface area (Å²) in [6.45, 7) is 1.29. The maximum Gasteiger partial charge on any atom is 0.319 e. The van der Waals surface area contributed by atoms with Crippen molar-refractivity contribution in [3.63, 3.8) is 0 Å². The minimum absolute atomic E-state index is 0.0812. The van der Waals surface area contributed by atoms with Crippen LogP contribution in [0.15, 0.2) is 0 Å². The Hall–Kier alpha value is -1.30. The van der Waals surface area contributed by atoms with Gasteiger partial charge in [0, 0.05) is 40.2 Å². The molecule has 0 radical (unpaired) electrons. The topological polar surface area (TPSA) is 81.1 Å². The van der Waals surface area contributed by atoms with Gasteiger partial charge in [0.1, 0.15) is 0 Å². The number of carbonyl (C=O) groups excluding carboxylic acids is 1. The highest BCUT2D eigenvalue weighted by atomic mass is 16.4. The van der Waals surface area contributed by atoms with Crippen molar-refractivity contribution in [2.75, 3.05) is 33.8 Å². The number of amides is 2. The van der Waals surface area contributed by atoms with Crippen molar-refractivity contribution in [3.05, 3.63) is 0 Å². The molecule has 0 aliphatic rings. The molecule has 0 rings (SSSR count). The van der Waals surface area contributed by atoms with Crippen molar-refractivity contribution >= 4 is 12.0 Å². The molecule has 2 N–H and O–H groups in total. The van der Waals surface area contributed by atoms with Crippen molar-refractivity contribution in [1.82, 2.24) is 9.80 Å². The van der Waals surface area contributed by atoms with E-state index in [9.17, 15) is 9.59 Å². The molecule has 0 heterocycles. The molecule has 0 aromatic carbocycles. The lowest BCUT2D eigenvalue weighted by Crippen LogP contribution is -2.39. The molecule has 6 heteroatoms. The second kappa shape index (κ2) is 9.70. The van der Waals surface area contributed by atoms with Crippen LogP contribution in [0.25, 0.3) is 0 Å². The molecule has 18 heavy (non-hydrogen) atoms. The van der Waals surface area contributed by atoms with Crippen molar-refractivity contribution in [1.29, 1.82) is 0 Å². The molecule has 0 aliphatic carbocycles. The first-order valence-corrected chi connectivity index (χ1v) is 6.28. The molecule has 0 atom stereocenters. The summed E-state index contributed by atoms with van der Waals surface area (Å²) in [5, 5.41) is 17.1. The SMILES string of the molecule is CN(CCCCCO)C(=O)N(C)CCCC(=O)O. The average Bonchev–Trinajstić information content (AvgIpc) is 2.32. The van der Waals surface area contributed by atoms with Crippen molar-refractivity contribution in [2.24, 2.45) is 0 Å². The van der Waals surface area contributed by atoms with Crippen LogP contribution in [0.3, 0.4) is 0 Å². The van der Waals surface area contributed by atoms with Gasteiger partial charge in [-0.25, -0.2) is 4.79 Å². The third kappa shape index (κ3) is 7.89. The van der Waals surface area contributed by atoms with E-state index >= 15 is 0 Å². The van der Waals surface area contributed by atoms with E-state index in [0.717, 1.165) is 19.3 Å². The Labute approximate surface area is 108 Å². The molecular formula is C12H24N2O4. The van der Waals surface area contributed by atoms with E-state index in [0.29, 0.717) is 19.5 Å². The van der Waals surface area contributed by atoms with Crippen LogP contribution in [0, 0.1) is 0 Å². The molecule has 106 valence electrons. The van der Waals surface area contributed by atoms with Gasteiger partial charge in [-0.05, 0) is 25.7 Å². The standard InChI is InChI=1S/C12H24N2O4/c1-13(8-4-3-5-10-15)12(18)14(2)9-6-7-11(16)17/h15H,3-10H2,1-2H3,(H,16,17). The van der Waals surface area contributed by atoms with Crippen LogP contribution in [0.5, 0.6) is 0 Å². The Morgan fingerprint density at radius 2 is 1.50 bits per heavy atom. The fourth-order valence-electron chi connectivity index (χ4n) is 1.59. The summed E-state index contributed by atoms with van der Waals surface area (Å²) in [7, 11) is 3.41. The number of hydrogen-bond donors (Lipinski definition) is 2. The Balaban J connectivity index is 3.78. The van der Waals surface area contributed by atoms with E-state index in [-0.39, 0.29) is 19.1 Å². The number of rotatable bonds is 9. The molecule has 0 unspecified atom stereocenters. The van der Waals surface area contributed by atoms with Gasteiger partial charge in [0.15, 0.2) is 0 Å². The van der Waals surface area contributed by atoms with E-state index < -0.39 is 5.97 Å². The van der Waals surface area contributed by atoms with Crippen molar-refractivity contribution in [2.45, 2.75) is 32.1 Å². The van der Waals surface area contributed by atoms with E-state index in [4.69, 9.17) is 10.2 Å². The highest BCUT2D eigenvalue weighted by Crippen LogP contribution is 2.01. The monoisotopic (exact) mass is 260 g/mol. The predicted octanol–water partition coefficient (Wildman–Crippen LogP) is 0.997. The summed E-state index contributed by atoms with van der Waals surface area (Å²) < 4.78 is 0. The molecule has 0 aliphatic heterocycles. The van der Waals surface area contributed by atoms with Gasteiger partial charge in [0.05, 0.1) is 0 Å². The fourth-order valence-corrected chi connectivity index (χ4v) is 1.59. The number of unbranched alkanes of at least 4 members (excludes halogenated alkanes) is 2. The first-order valence-electron chi connectivity index (χ1n) is 6.28. The number of aliphatic carboxylic acids is 1. The fraction of sp³-hybridized carbons (Fsp3) is 0.833. The van der Waals surface area contributed by atoms with Crippen LogP contribution in [-0.4, -0.2) is 65.8 Å².